The number of imide groups is 1. The lowest BCUT2D eigenvalue weighted by Gasteiger charge is -2.46. The number of urea groups is 1. The molecule has 1 heterocycles. The van der Waals surface area contributed by atoms with Crippen molar-refractivity contribution in [2.45, 2.75) is 64.5 Å². The molecular formula is C22H30N4O5. The zero-order valence-corrected chi connectivity index (χ0v) is 17.9. The molecule has 1 saturated heterocycles. The molecule has 1 aliphatic heterocycles. The number of carbonyl (C=O) groups is 3. The predicted molar refractivity (Wildman–Crippen MR) is 114 cm³/mol. The first-order chi connectivity index (χ1) is 14.9. The van der Waals surface area contributed by atoms with Crippen LogP contribution in [-0.2, 0) is 16.1 Å². The van der Waals surface area contributed by atoms with Gasteiger partial charge in [-0.2, -0.15) is 0 Å². The van der Waals surface area contributed by atoms with Crippen molar-refractivity contribution in [1.29, 1.82) is 0 Å². The van der Waals surface area contributed by atoms with Crippen molar-refractivity contribution < 1.29 is 19.3 Å². The van der Waals surface area contributed by atoms with Gasteiger partial charge in [-0.3, -0.25) is 24.6 Å². The fraction of sp³-hybridized carbons (Fsp3) is 0.591. The van der Waals surface area contributed by atoms with E-state index in [1.165, 1.54) is 17.0 Å². The highest BCUT2D eigenvalue weighted by atomic mass is 16.6. The van der Waals surface area contributed by atoms with Gasteiger partial charge in [-0.15, -0.1) is 0 Å². The van der Waals surface area contributed by atoms with Crippen LogP contribution in [0.1, 0.15) is 57.4 Å². The Morgan fingerprint density at radius 1 is 1.26 bits per heavy atom. The Labute approximate surface area is 181 Å². The Balaban J connectivity index is 1.75. The van der Waals surface area contributed by atoms with Crippen LogP contribution in [0.15, 0.2) is 24.3 Å². The van der Waals surface area contributed by atoms with Gasteiger partial charge in [0.25, 0.3) is 5.69 Å². The largest absolute Gasteiger partial charge is 0.356 e. The number of hydrogen-bond acceptors (Lipinski definition) is 5. The summed E-state index contributed by atoms with van der Waals surface area (Å²) < 4.78 is 0. The van der Waals surface area contributed by atoms with Crippen LogP contribution < -0.4 is 5.32 Å². The average molecular weight is 431 g/mol. The van der Waals surface area contributed by atoms with Crippen LogP contribution in [0.4, 0.5) is 10.5 Å². The molecule has 31 heavy (non-hydrogen) atoms. The van der Waals surface area contributed by atoms with Crippen LogP contribution in [0.3, 0.4) is 0 Å². The Morgan fingerprint density at radius 3 is 2.77 bits per heavy atom. The quantitative estimate of drug-likeness (QED) is 0.367. The lowest BCUT2D eigenvalue weighted by atomic mass is 9.81. The van der Waals surface area contributed by atoms with Crippen molar-refractivity contribution in [2.24, 2.45) is 5.92 Å². The van der Waals surface area contributed by atoms with Gasteiger partial charge in [-0.1, -0.05) is 38.3 Å². The lowest BCUT2D eigenvalue weighted by Crippen LogP contribution is -2.62. The number of nitro groups is 1. The maximum atomic E-state index is 13.3. The summed E-state index contributed by atoms with van der Waals surface area (Å²) in [5, 5.41) is 13.9. The van der Waals surface area contributed by atoms with Crippen LogP contribution >= 0.6 is 0 Å². The minimum atomic E-state index is -0.460. The van der Waals surface area contributed by atoms with E-state index in [-0.39, 0.29) is 49.0 Å². The second-order valence-electron chi connectivity index (χ2n) is 8.24. The summed E-state index contributed by atoms with van der Waals surface area (Å²) in [4.78, 5) is 51.9. The summed E-state index contributed by atoms with van der Waals surface area (Å²) in [6.07, 6.45) is 5.24. The average Bonchev–Trinajstić information content (AvgIpc) is 2.77. The monoisotopic (exact) mass is 430 g/mol. The van der Waals surface area contributed by atoms with Crippen LogP contribution in [0.5, 0.6) is 0 Å². The molecule has 1 N–H and O–H groups in total. The van der Waals surface area contributed by atoms with E-state index in [4.69, 9.17) is 0 Å². The van der Waals surface area contributed by atoms with Gasteiger partial charge in [0.2, 0.25) is 11.8 Å². The molecule has 0 aromatic heterocycles. The third kappa shape index (κ3) is 5.39. The van der Waals surface area contributed by atoms with Gasteiger partial charge in [0.15, 0.2) is 0 Å². The van der Waals surface area contributed by atoms with E-state index in [0.717, 1.165) is 32.1 Å². The molecule has 2 unspecified atom stereocenters. The smallest absolute Gasteiger partial charge is 0.327 e. The summed E-state index contributed by atoms with van der Waals surface area (Å²) in [5.41, 5.74) is 0.623. The highest BCUT2D eigenvalue weighted by molar-refractivity contribution is 5.99. The summed E-state index contributed by atoms with van der Waals surface area (Å²) >= 11 is 0. The molecule has 0 bridgehead atoms. The van der Waals surface area contributed by atoms with E-state index in [9.17, 15) is 24.5 Å². The number of amides is 4. The molecule has 3 rings (SSSR count). The summed E-state index contributed by atoms with van der Waals surface area (Å²) in [6, 6.07) is 5.61. The SMILES string of the molecule is CCCCNC(=O)CCN1C(=O)C2CCCCC2N(Cc2cccc([N+](=O)[O-])c2)C1=O. The molecule has 0 radical (unpaired) electrons. The first kappa shape index (κ1) is 22.7. The van der Waals surface area contributed by atoms with Gasteiger partial charge in [0.05, 0.1) is 10.8 Å². The van der Waals surface area contributed by atoms with Crippen molar-refractivity contribution in [3.63, 3.8) is 0 Å². The van der Waals surface area contributed by atoms with E-state index < -0.39 is 11.0 Å². The molecule has 2 aliphatic rings. The highest BCUT2D eigenvalue weighted by Gasteiger charge is 2.46. The number of non-ortho nitro benzene ring substituents is 1. The maximum Gasteiger partial charge on any atom is 0.327 e. The molecule has 1 aliphatic carbocycles. The van der Waals surface area contributed by atoms with E-state index in [1.54, 1.807) is 17.0 Å². The fourth-order valence-corrected chi connectivity index (χ4v) is 4.43. The van der Waals surface area contributed by atoms with Crippen LogP contribution in [-0.4, -0.2) is 51.7 Å². The first-order valence-electron chi connectivity index (χ1n) is 11.0. The first-order valence-corrected chi connectivity index (χ1v) is 11.0. The van der Waals surface area contributed by atoms with E-state index in [2.05, 4.69) is 5.32 Å². The minimum Gasteiger partial charge on any atom is -0.356 e. The number of nitrogens with one attached hydrogen (secondary N) is 1. The number of rotatable bonds is 9. The van der Waals surface area contributed by atoms with Gasteiger partial charge in [-0.05, 0) is 24.8 Å². The third-order valence-electron chi connectivity index (χ3n) is 6.08. The Kier molecular flexibility index (Phi) is 7.59. The lowest BCUT2D eigenvalue weighted by molar-refractivity contribution is -0.384. The number of carbonyl (C=O) groups excluding carboxylic acids is 3. The fourth-order valence-electron chi connectivity index (χ4n) is 4.43. The second kappa shape index (κ2) is 10.4. The molecule has 1 aromatic rings. The van der Waals surface area contributed by atoms with Crippen LogP contribution in [0.2, 0.25) is 0 Å². The molecule has 9 nitrogen and oxygen atoms in total. The zero-order valence-electron chi connectivity index (χ0n) is 17.9. The van der Waals surface area contributed by atoms with E-state index >= 15 is 0 Å². The highest BCUT2D eigenvalue weighted by Crippen LogP contribution is 2.35. The molecule has 4 amide bonds. The number of fused-ring (bicyclic) bond motifs is 1. The Morgan fingerprint density at radius 2 is 2.03 bits per heavy atom. The summed E-state index contributed by atoms with van der Waals surface area (Å²) in [7, 11) is 0. The maximum absolute atomic E-state index is 13.3. The molecule has 1 aromatic carbocycles. The molecular weight excluding hydrogens is 400 g/mol. The Hall–Kier alpha value is -2.97. The van der Waals surface area contributed by atoms with Gasteiger partial charge >= 0.3 is 6.03 Å². The molecule has 2 fully saturated rings. The number of benzene rings is 1. The summed E-state index contributed by atoms with van der Waals surface area (Å²) in [6.45, 7) is 2.87. The van der Waals surface area contributed by atoms with Crippen molar-refractivity contribution >= 4 is 23.5 Å². The standard InChI is InChI=1S/C22H30N4O5/c1-2-3-12-23-20(27)11-13-24-21(28)18-9-4-5-10-19(18)25(22(24)29)15-16-7-6-8-17(14-16)26(30)31/h6-8,14,18-19H,2-5,9-13,15H2,1H3,(H,23,27). The number of nitrogens with zero attached hydrogens (tertiary/aromatic N) is 3. The van der Waals surface area contributed by atoms with Gasteiger partial charge < -0.3 is 10.2 Å². The summed E-state index contributed by atoms with van der Waals surface area (Å²) in [5.74, 6) is -0.662. The molecule has 0 spiro atoms. The van der Waals surface area contributed by atoms with Crippen LogP contribution in [0, 0.1) is 16.0 Å². The molecule has 9 heteroatoms. The topological polar surface area (TPSA) is 113 Å². The number of hydrogen-bond donors (Lipinski definition) is 1. The van der Waals surface area contributed by atoms with E-state index in [1.807, 2.05) is 6.92 Å². The third-order valence-corrected chi connectivity index (χ3v) is 6.08. The van der Waals surface area contributed by atoms with Crippen molar-refractivity contribution in [3.8, 4) is 0 Å². The minimum absolute atomic E-state index is 0.0289. The van der Waals surface area contributed by atoms with Crippen molar-refractivity contribution in [3.05, 3.63) is 39.9 Å². The second-order valence-corrected chi connectivity index (χ2v) is 8.24. The van der Waals surface area contributed by atoms with Gasteiger partial charge in [-0.25, -0.2) is 4.79 Å². The molecule has 2 atom stereocenters. The molecule has 1 saturated carbocycles. The van der Waals surface area contributed by atoms with Crippen LogP contribution in [0.25, 0.3) is 0 Å². The zero-order chi connectivity index (χ0) is 22.4. The normalized spacial score (nSPS) is 21.1. The van der Waals surface area contributed by atoms with Gasteiger partial charge in [0.1, 0.15) is 0 Å². The van der Waals surface area contributed by atoms with E-state index in [0.29, 0.717) is 18.5 Å². The molecule has 168 valence electrons. The van der Waals surface area contributed by atoms with Crippen molar-refractivity contribution in [1.82, 2.24) is 15.1 Å². The Bertz CT molecular complexity index is 843. The van der Waals surface area contributed by atoms with Gasteiger partial charge in [0, 0.05) is 44.2 Å². The predicted octanol–water partition coefficient (Wildman–Crippen LogP) is 3.22. The number of unbranched alkanes of at least 4 members (excludes halogenated alkanes) is 1. The van der Waals surface area contributed by atoms with Crippen molar-refractivity contribution in [2.75, 3.05) is 13.1 Å². The number of nitro benzene ring substituents is 1.